The second kappa shape index (κ2) is 6.19. The van der Waals surface area contributed by atoms with Crippen LogP contribution < -0.4 is 5.69 Å². The van der Waals surface area contributed by atoms with Gasteiger partial charge < -0.3 is 4.90 Å². The van der Waals surface area contributed by atoms with Crippen LogP contribution in [0.3, 0.4) is 0 Å². The summed E-state index contributed by atoms with van der Waals surface area (Å²) in [5, 5.41) is 7.49. The van der Waals surface area contributed by atoms with Crippen molar-refractivity contribution in [2.45, 2.75) is 19.0 Å². The van der Waals surface area contributed by atoms with Crippen molar-refractivity contribution < 1.29 is 13.2 Å². The van der Waals surface area contributed by atoms with Crippen LogP contribution in [0, 0.1) is 0 Å². The Morgan fingerprint density at radius 3 is 2.62 bits per heavy atom. The first-order valence-electron chi connectivity index (χ1n) is 7.42. The topological polar surface area (TPSA) is 107 Å². The van der Waals surface area contributed by atoms with Crippen LogP contribution in [0.2, 0.25) is 0 Å². The summed E-state index contributed by atoms with van der Waals surface area (Å²) in [5.74, 6) is -0.334. The molecule has 10 heteroatoms. The Balaban J connectivity index is 1.74. The molecule has 0 N–H and O–H groups in total. The van der Waals surface area contributed by atoms with E-state index in [1.54, 1.807) is 31.3 Å². The van der Waals surface area contributed by atoms with Gasteiger partial charge in [-0.05, 0) is 29.0 Å². The molecule has 0 radical (unpaired) electrons. The number of hydrogen-bond acceptors (Lipinski definition) is 6. The third kappa shape index (κ3) is 3.23. The number of para-hydroxylation sites is 1. The van der Waals surface area contributed by atoms with Crippen LogP contribution in [0.1, 0.15) is 6.42 Å². The van der Waals surface area contributed by atoms with Gasteiger partial charge in [-0.1, -0.05) is 18.2 Å². The molecule has 9 nitrogen and oxygen atoms in total. The first-order chi connectivity index (χ1) is 11.4. The van der Waals surface area contributed by atoms with Crippen molar-refractivity contribution in [2.75, 3.05) is 18.6 Å². The number of hydrogen-bond donors (Lipinski definition) is 0. The Labute approximate surface area is 138 Å². The SMILES string of the molecule is CN(C(=O)Cn1nnn(-c2ccccc2)c1=O)[C@@H]1CCS(=O)(=O)C1. The molecule has 0 spiro atoms. The zero-order chi connectivity index (χ0) is 17.3. The fourth-order valence-electron chi connectivity index (χ4n) is 2.63. The van der Waals surface area contributed by atoms with Gasteiger partial charge in [0.2, 0.25) is 5.91 Å². The predicted octanol–water partition coefficient (Wildman–Crippen LogP) is -0.925. The number of likely N-dealkylation sites (N-methyl/N-ethyl adjacent to an activating group) is 1. The molecule has 1 aliphatic rings. The average Bonchev–Trinajstić information content (AvgIpc) is 3.10. The van der Waals surface area contributed by atoms with Gasteiger partial charge in [-0.3, -0.25) is 4.79 Å². The maximum Gasteiger partial charge on any atom is 0.368 e. The van der Waals surface area contributed by atoms with Crippen LogP contribution >= 0.6 is 0 Å². The Hall–Kier alpha value is -2.49. The number of nitrogens with zero attached hydrogens (tertiary/aromatic N) is 5. The number of carbonyl (C=O) groups excluding carboxylic acids is 1. The van der Waals surface area contributed by atoms with Gasteiger partial charge in [0.25, 0.3) is 0 Å². The van der Waals surface area contributed by atoms with Gasteiger partial charge in [0.05, 0.1) is 17.2 Å². The van der Waals surface area contributed by atoms with E-state index in [1.165, 1.54) is 4.90 Å². The summed E-state index contributed by atoms with van der Waals surface area (Å²) in [4.78, 5) is 26.0. The number of tetrazole rings is 1. The van der Waals surface area contributed by atoms with Crippen molar-refractivity contribution in [3.63, 3.8) is 0 Å². The molecule has 1 aromatic heterocycles. The minimum atomic E-state index is -3.08. The fourth-order valence-corrected chi connectivity index (χ4v) is 4.40. The molecule has 1 aliphatic heterocycles. The molecule has 1 atom stereocenters. The maximum absolute atomic E-state index is 12.3. The summed E-state index contributed by atoms with van der Waals surface area (Å²) in [6.45, 7) is -0.279. The van der Waals surface area contributed by atoms with E-state index in [2.05, 4.69) is 10.4 Å². The number of rotatable bonds is 4. The molecule has 0 aliphatic carbocycles. The standard InChI is InChI=1S/C14H17N5O4S/c1-17(12-7-8-24(22,23)10-12)13(20)9-18-14(21)19(16-15-18)11-5-3-2-4-6-11/h2-6,12H,7-10H2,1H3/t12-/m1/s1. The van der Waals surface area contributed by atoms with Gasteiger partial charge in [-0.2, -0.15) is 9.36 Å². The van der Waals surface area contributed by atoms with Crippen molar-refractivity contribution in [3.8, 4) is 5.69 Å². The first kappa shape index (κ1) is 16.4. The molecule has 1 amide bonds. The van der Waals surface area contributed by atoms with E-state index >= 15 is 0 Å². The Morgan fingerprint density at radius 1 is 1.29 bits per heavy atom. The second-order valence-corrected chi connectivity index (χ2v) is 7.96. The number of aromatic nitrogens is 4. The lowest BCUT2D eigenvalue weighted by molar-refractivity contribution is -0.132. The van der Waals surface area contributed by atoms with Crippen LogP contribution in [-0.4, -0.2) is 63.6 Å². The molecule has 1 fully saturated rings. The largest absolute Gasteiger partial charge is 0.368 e. The summed E-state index contributed by atoms with van der Waals surface area (Å²) >= 11 is 0. The Bertz CT molecular complexity index is 903. The predicted molar refractivity (Wildman–Crippen MR) is 85.4 cm³/mol. The lowest BCUT2D eigenvalue weighted by Gasteiger charge is -2.22. The van der Waals surface area contributed by atoms with Gasteiger partial charge >= 0.3 is 5.69 Å². The van der Waals surface area contributed by atoms with E-state index in [1.807, 2.05) is 6.07 Å². The zero-order valence-electron chi connectivity index (χ0n) is 13.1. The van der Waals surface area contributed by atoms with Gasteiger partial charge in [-0.15, -0.1) is 0 Å². The molecule has 0 unspecified atom stereocenters. The Morgan fingerprint density at radius 2 is 2.00 bits per heavy atom. The second-order valence-electron chi connectivity index (χ2n) is 5.73. The smallest absolute Gasteiger partial charge is 0.340 e. The Kier molecular flexibility index (Phi) is 4.22. The van der Waals surface area contributed by atoms with Crippen molar-refractivity contribution in [1.29, 1.82) is 0 Å². The third-order valence-electron chi connectivity index (χ3n) is 4.07. The molecule has 1 saturated heterocycles. The van der Waals surface area contributed by atoms with E-state index < -0.39 is 15.5 Å². The number of carbonyl (C=O) groups is 1. The highest BCUT2D eigenvalue weighted by Gasteiger charge is 2.33. The van der Waals surface area contributed by atoms with Crippen LogP contribution in [0.4, 0.5) is 0 Å². The van der Waals surface area contributed by atoms with E-state index in [0.29, 0.717) is 12.1 Å². The van der Waals surface area contributed by atoms with Gasteiger partial charge in [0, 0.05) is 13.1 Å². The number of amides is 1. The van der Waals surface area contributed by atoms with Crippen molar-refractivity contribution in [2.24, 2.45) is 0 Å². The molecule has 128 valence electrons. The summed E-state index contributed by atoms with van der Waals surface area (Å²) < 4.78 is 25.1. The van der Waals surface area contributed by atoms with E-state index in [4.69, 9.17) is 0 Å². The highest BCUT2D eigenvalue weighted by Crippen LogP contribution is 2.16. The number of benzene rings is 1. The summed E-state index contributed by atoms with van der Waals surface area (Å²) in [6, 6.07) is 8.39. The van der Waals surface area contributed by atoms with Crippen molar-refractivity contribution in [3.05, 3.63) is 40.8 Å². The lowest BCUT2D eigenvalue weighted by atomic mass is 10.2. The quantitative estimate of drug-likeness (QED) is 0.705. The molecule has 3 rings (SSSR count). The van der Waals surface area contributed by atoms with E-state index in [-0.39, 0.29) is 30.0 Å². The summed E-state index contributed by atoms with van der Waals surface area (Å²) in [7, 11) is -1.54. The first-order valence-corrected chi connectivity index (χ1v) is 9.24. The van der Waals surface area contributed by atoms with Gasteiger partial charge in [0.15, 0.2) is 9.84 Å². The summed E-state index contributed by atoms with van der Waals surface area (Å²) in [5.41, 5.74) is 0.0263. The maximum atomic E-state index is 12.3. The molecule has 0 bridgehead atoms. The van der Waals surface area contributed by atoms with Crippen LogP contribution in [0.15, 0.2) is 35.1 Å². The average molecular weight is 351 g/mol. The molecule has 24 heavy (non-hydrogen) atoms. The molecule has 2 heterocycles. The van der Waals surface area contributed by atoms with Gasteiger partial charge in [-0.25, -0.2) is 13.2 Å². The molecular formula is C14H17N5O4S. The molecule has 2 aromatic rings. The highest BCUT2D eigenvalue weighted by atomic mass is 32.2. The number of sulfone groups is 1. The van der Waals surface area contributed by atoms with Crippen LogP contribution in [-0.2, 0) is 21.2 Å². The fraction of sp³-hybridized carbons (Fsp3) is 0.429. The van der Waals surface area contributed by atoms with Crippen LogP contribution in [0.5, 0.6) is 0 Å². The molecule has 0 saturated carbocycles. The van der Waals surface area contributed by atoms with Gasteiger partial charge in [0.1, 0.15) is 6.54 Å². The van der Waals surface area contributed by atoms with E-state index in [0.717, 1.165) is 9.36 Å². The minimum Gasteiger partial charge on any atom is -0.340 e. The third-order valence-corrected chi connectivity index (χ3v) is 5.83. The highest BCUT2D eigenvalue weighted by molar-refractivity contribution is 7.91. The minimum absolute atomic E-state index is 0.0408. The zero-order valence-corrected chi connectivity index (χ0v) is 13.9. The van der Waals surface area contributed by atoms with Crippen LogP contribution in [0.25, 0.3) is 5.69 Å². The molecular weight excluding hydrogens is 334 g/mol. The summed E-state index contributed by atoms with van der Waals surface area (Å²) in [6.07, 6.45) is 0.413. The lowest BCUT2D eigenvalue weighted by Crippen LogP contribution is -2.41. The van der Waals surface area contributed by atoms with Crippen molar-refractivity contribution in [1.82, 2.24) is 24.7 Å². The monoisotopic (exact) mass is 351 g/mol. The van der Waals surface area contributed by atoms with Crippen molar-refractivity contribution >= 4 is 15.7 Å². The molecule has 1 aromatic carbocycles. The van der Waals surface area contributed by atoms with E-state index in [9.17, 15) is 18.0 Å². The normalized spacial score (nSPS) is 19.3.